The average molecular weight is 403 g/mol. The van der Waals surface area contributed by atoms with E-state index in [1.807, 2.05) is 6.07 Å². The first-order chi connectivity index (χ1) is 13.4. The minimum Gasteiger partial charge on any atom is -0.454 e. The molecule has 0 aliphatic rings. The smallest absolute Gasteiger partial charge is 0.329 e. The molecule has 0 bridgehead atoms. The summed E-state index contributed by atoms with van der Waals surface area (Å²) in [4.78, 5) is 36.6. The Morgan fingerprint density at radius 1 is 1.00 bits per heavy atom. The molecule has 2 N–H and O–H groups in total. The molecule has 0 saturated heterocycles. The summed E-state index contributed by atoms with van der Waals surface area (Å²) >= 11 is 6.03. The number of carbonyl (C=O) groups is 3. The van der Waals surface area contributed by atoms with E-state index >= 15 is 0 Å². The first kappa shape index (κ1) is 21.4. The lowest BCUT2D eigenvalue weighted by Gasteiger charge is -2.20. The third-order valence-corrected chi connectivity index (χ3v) is 4.39. The van der Waals surface area contributed by atoms with Gasteiger partial charge in [-0.3, -0.25) is 9.59 Å². The van der Waals surface area contributed by atoms with Crippen molar-refractivity contribution in [2.45, 2.75) is 26.4 Å². The van der Waals surface area contributed by atoms with E-state index in [9.17, 15) is 14.4 Å². The number of esters is 1. The van der Waals surface area contributed by atoms with Crippen molar-refractivity contribution < 1.29 is 19.1 Å². The van der Waals surface area contributed by atoms with Crippen LogP contribution in [0.4, 0.5) is 0 Å². The van der Waals surface area contributed by atoms with Gasteiger partial charge in [0.1, 0.15) is 6.04 Å². The fourth-order valence-electron chi connectivity index (χ4n) is 2.42. The van der Waals surface area contributed by atoms with Gasteiger partial charge in [-0.05, 0) is 29.7 Å². The highest BCUT2D eigenvalue weighted by Gasteiger charge is 2.26. The highest BCUT2D eigenvalue weighted by Crippen LogP contribution is 2.14. The molecule has 2 aromatic carbocycles. The fraction of sp³-hybridized carbons (Fsp3) is 0.286. The van der Waals surface area contributed by atoms with E-state index in [-0.39, 0.29) is 18.4 Å². The Morgan fingerprint density at radius 2 is 1.64 bits per heavy atom. The van der Waals surface area contributed by atoms with Gasteiger partial charge in [0.25, 0.3) is 11.8 Å². The van der Waals surface area contributed by atoms with Crippen molar-refractivity contribution in [2.24, 2.45) is 5.92 Å². The molecular weight excluding hydrogens is 380 g/mol. The highest BCUT2D eigenvalue weighted by atomic mass is 35.5. The van der Waals surface area contributed by atoms with Crippen LogP contribution in [-0.4, -0.2) is 30.4 Å². The van der Waals surface area contributed by atoms with Gasteiger partial charge < -0.3 is 15.4 Å². The first-order valence-corrected chi connectivity index (χ1v) is 9.29. The standard InChI is InChI=1S/C21H23ClN2O4/c1-14(2)19(24-20(26)15-8-4-3-5-9-15)21(27)28-13-18(25)23-12-16-10-6-7-11-17(16)22/h3-11,14,19H,12-13H2,1-2H3,(H,23,25)(H,24,26)/t19-/m0/s1. The SMILES string of the molecule is CC(C)[C@H](NC(=O)c1ccccc1)C(=O)OCC(=O)NCc1ccccc1Cl. The van der Waals surface area contributed by atoms with Crippen LogP contribution in [0.2, 0.25) is 5.02 Å². The molecule has 28 heavy (non-hydrogen) atoms. The second kappa shape index (κ2) is 10.5. The zero-order chi connectivity index (χ0) is 20.5. The molecule has 0 spiro atoms. The number of amides is 2. The molecule has 0 heterocycles. The molecule has 0 aliphatic heterocycles. The van der Waals surface area contributed by atoms with Crippen LogP contribution >= 0.6 is 11.6 Å². The van der Waals surface area contributed by atoms with Crippen LogP contribution in [0.3, 0.4) is 0 Å². The van der Waals surface area contributed by atoms with Crippen LogP contribution in [0.25, 0.3) is 0 Å². The van der Waals surface area contributed by atoms with E-state index in [4.69, 9.17) is 16.3 Å². The zero-order valence-corrected chi connectivity index (χ0v) is 16.5. The molecule has 6 nitrogen and oxygen atoms in total. The van der Waals surface area contributed by atoms with Crippen LogP contribution in [-0.2, 0) is 20.9 Å². The number of rotatable bonds is 8. The van der Waals surface area contributed by atoms with Gasteiger partial charge in [-0.1, -0.05) is 61.8 Å². The Balaban J connectivity index is 1.85. The first-order valence-electron chi connectivity index (χ1n) is 8.91. The minimum absolute atomic E-state index is 0.202. The number of ether oxygens (including phenoxy) is 1. The van der Waals surface area contributed by atoms with E-state index in [2.05, 4.69) is 10.6 Å². The third kappa shape index (κ3) is 6.39. The minimum atomic E-state index is -0.857. The topological polar surface area (TPSA) is 84.5 Å². The number of hydrogen-bond acceptors (Lipinski definition) is 4. The Labute approximate surface area is 169 Å². The monoisotopic (exact) mass is 402 g/mol. The number of hydrogen-bond donors (Lipinski definition) is 2. The summed E-state index contributed by atoms with van der Waals surface area (Å²) < 4.78 is 5.08. The Morgan fingerprint density at radius 3 is 2.29 bits per heavy atom. The largest absolute Gasteiger partial charge is 0.454 e. The molecule has 1 atom stereocenters. The second-order valence-corrected chi connectivity index (χ2v) is 6.94. The molecule has 148 valence electrons. The molecule has 0 fully saturated rings. The molecule has 0 saturated carbocycles. The van der Waals surface area contributed by atoms with Crippen LogP contribution in [0.15, 0.2) is 54.6 Å². The Kier molecular flexibility index (Phi) is 8.02. The zero-order valence-electron chi connectivity index (χ0n) is 15.8. The van der Waals surface area contributed by atoms with E-state index in [1.54, 1.807) is 62.4 Å². The maximum atomic E-state index is 12.3. The number of nitrogens with one attached hydrogen (secondary N) is 2. The van der Waals surface area contributed by atoms with Gasteiger partial charge in [0.05, 0.1) is 0 Å². The number of carbonyl (C=O) groups excluding carboxylic acids is 3. The van der Waals surface area contributed by atoms with Crippen molar-refractivity contribution in [1.29, 1.82) is 0 Å². The van der Waals surface area contributed by atoms with Gasteiger partial charge in [0.2, 0.25) is 0 Å². The normalized spacial score (nSPS) is 11.6. The highest BCUT2D eigenvalue weighted by molar-refractivity contribution is 6.31. The summed E-state index contributed by atoms with van der Waals surface area (Å²) in [6.07, 6.45) is 0. The molecular formula is C21H23ClN2O4. The summed E-state index contributed by atoms with van der Waals surface area (Å²) in [6.45, 7) is 3.37. The summed E-state index contributed by atoms with van der Waals surface area (Å²) in [7, 11) is 0. The van der Waals surface area contributed by atoms with Crippen molar-refractivity contribution in [3.8, 4) is 0 Å². The van der Waals surface area contributed by atoms with Crippen molar-refractivity contribution >= 4 is 29.4 Å². The summed E-state index contributed by atoms with van der Waals surface area (Å²) in [5.41, 5.74) is 1.21. The van der Waals surface area contributed by atoms with E-state index < -0.39 is 24.5 Å². The van der Waals surface area contributed by atoms with Crippen molar-refractivity contribution in [3.63, 3.8) is 0 Å². The number of halogens is 1. The van der Waals surface area contributed by atoms with Crippen molar-refractivity contribution in [1.82, 2.24) is 10.6 Å². The van der Waals surface area contributed by atoms with E-state index in [0.29, 0.717) is 10.6 Å². The van der Waals surface area contributed by atoms with Crippen LogP contribution in [0.5, 0.6) is 0 Å². The van der Waals surface area contributed by atoms with Crippen LogP contribution in [0, 0.1) is 5.92 Å². The van der Waals surface area contributed by atoms with Gasteiger partial charge in [0, 0.05) is 17.1 Å². The van der Waals surface area contributed by atoms with Crippen LogP contribution < -0.4 is 10.6 Å². The summed E-state index contributed by atoms with van der Waals surface area (Å²) in [5, 5.41) is 5.85. The summed E-state index contributed by atoms with van der Waals surface area (Å²) in [6, 6.07) is 14.9. The maximum Gasteiger partial charge on any atom is 0.329 e. The van der Waals surface area contributed by atoms with E-state index in [0.717, 1.165) is 5.56 Å². The Bertz CT molecular complexity index is 824. The lowest BCUT2D eigenvalue weighted by Crippen LogP contribution is -2.46. The molecule has 0 radical (unpaired) electrons. The molecule has 0 aliphatic carbocycles. The van der Waals surface area contributed by atoms with Gasteiger partial charge in [-0.2, -0.15) is 0 Å². The van der Waals surface area contributed by atoms with Gasteiger partial charge >= 0.3 is 5.97 Å². The fourth-order valence-corrected chi connectivity index (χ4v) is 2.63. The molecule has 0 aromatic heterocycles. The van der Waals surface area contributed by atoms with Gasteiger partial charge in [-0.25, -0.2) is 4.79 Å². The summed E-state index contributed by atoms with van der Waals surface area (Å²) in [5.74, 6) is -1.69. The molecule has 7 heteroatoms. The predicted molar refractivity (Wildman–Crippen MR) is 107 cm³/mol. The maximum absolute atomic E-state index is 12.3. The molecule has 2 aromatic rings. The second-order valence-electron chi connectivity index (χ2n) is 6.54. The average Bonchev–Trinajstić information content (AvgIpc) is 2.69. The Hall–Kier alpha value is -2.86. The molecule has 2 amide bonds. The molecule has 2 rings (SSSR count). The van der Waals surface area contributed by atoms with E-state index in [1.165, 1.54) is 0 Å². The van der Waals surface area contributed by atoms with Crippen molar-refractivity contribution in [2.75, 3.05) is 6.61 Å². The van der Waals surface area contributed by atoms with Gasteiger partial charge in [-0.15, -0.1) is 0 Å². The quantitative estimate of drug-likeness (QED) is 0.665. The lowest BCUT2D eigenvalue weighted by molar-refractivity contribution is -0.151. The third-order valence-electron chi connectivity index (χ3n) is 4.02. The number of benzene rings is 2. The van der Waals surface area contributed by atoms with Crippen LogP contribution in [0.1, 0.15) is 29.8 Å². The molecule has 0 unspecified atom stereocenters. The predicted octanol–water partition coefficient (Wildman–Crippen LogP) is 2.95. The van der Waals surface area contributed by atoms with Crippen molar-refractivity contribution in [3.05, 3.63) is 70.7 Å². The lowest BCUT2D eigenvalue weighted by atomic mass is 10.0. The van der Waals surface area contributed by atoms with Gasteiger partial charge in [0.15, 0.2) is 6.61 Å².